The SMILES string of the molecule is COc1cc(C2=CC3NC(=O)N(c4cncc5cnccc45)C(=O)C3S2)c(Cl)cc1F. The van der Waals surface area contributed by atoms with E-state index in [2.05, 4.69) is 15.3 Å². The highest BCUT2D eigenvalue weighted by molar-refractivity contribution is 8.09. The van der Waals surface area contributed by atoms with Crippen molar-refractivity contribution in [3.8, 4) is 5.75 Å². The number of thioether (sulfide) groups is 1. The lowest BCUT2D eigenvalue weighted by Crippen LogP contribution is -2.60. The number of hydrogen-bond donors (Lipinski definition) is 1. The van der Waals surface area contributed by atoms with Crippen LogP contribution in [0.15, 0.2) is 49.1 Å². The minimum Gasteiger partial charge on any atom is -0.494 e. The van der Waals surface area contributed by atoms with Gasteiger partial charge in [0.05, 0.1) is 30.1 Å². The second-order valence-corrected chi connectivity index (χ2v) is 8.53. The maximum Gasteiger partial charge on any atom is 0.329 e. The minimum absolute atomic E-state index is 0.0446. The maximum absolute atomic E-state index is 13.9. The van der Waals surface area contributed by atoms with Crippen LogP contribution in [0, 0.1) is 5.82 Å². The molecule has 2 aliphatic heterocycles. The number of amides is 3. The summed E-state index contributed by atoms with van der Waals surface area (Å²) in [5.41, 5.74) is 0.919. The van der Waals surface area contributed by atoms with Crippen molar-refractivity contribution in [3.63, 3.8) is 0 Å². The predicted molar refractivity (Wildman–Crippen MR) is 117 cm³/mol. The zero-order valence-corrected chi connectivity index (χ0v) is 17.6. The molecule has 2 aromatic heterocycles. The van der Waals surface area contributed by atoms with E-state index in [1.165, 1.54) is 37.2 Å². The number of carbonyl (C=O) groups is 2. The van der Waals surface area contributed by atoms with Crippen molar-refractivity contribution >= 4 is 56.7 Å². The number of imide groups is 1. The van der Waals surface area contributed by atoms with Crippen LogP contribution in [0.1, 0.15) is 5.56 Å². The molecule has 0 aliphatic carbocycles. The highest BCUT2D eigenvalue weighted by atomic mass is 35.5. The number of rotatable bonds is 3. The van der Waals surface area contributed by atoms with E-state index in [9.17, 15) is 14.0 Å². The second-order valence-electron chi connectivity index (χ2n) is 6.94. The van der Waals surface area contributed by atoms with Crippen LogP contribution in [0.25, 0.3) is 15.7 Å². The van der Waals surface area contributed by atoms with E-state index in [1.807, 2.05) is 0 Å². The standard InChI is InChI=1S/C21H14ClFN4O3S/c1-30-17-4-12(13(22)5-14(17)23)18-6-15-19(31-18)20(28)27(21(29)26-15)16-9-25-8-10-7-24-3-2-11(10)16/h2-9,15,19H,1H3,(H,26,29). The number of urea groups is 1. The summed E-state index contributed by atoms with van der Waals surface area (Å²) in [5.74, 6) is -0.907. The molecule has 1 saturated heterocycles. The number of anilines is 1. The van der Waals surface area contributed by atoms with Crippen molar-refractivity contribution in [1.82, 2.24) is 15.3 Å². The molecule has 156 valence electrons. The largest absolute Gasteiger partial charge is 0.494 e. The highest BCUT2D eigenvalue weighted by Crippen LogP contribution is 2.45. The van der Waals surface area contributed by atoms with Crippen molar-refractivity contribution in [2.75, 3.05) is 12.0 Å². The van der Waals surface area contributed by atoms with Gasteiger partial charge in [-0.15, -0.1) is 11.8 Å². The van der Waals surface area contributed by atoms with Crippen molar-refractivity contribution in [2.24, 2.45) is 0 Å². The van der Waals surface area contributed by atoms with Crippen LogP contribution in [0.2, 0.25) is 5.02 Å². The van der Waals surface area contributed by atoms with Gasteiger partial charge in [0.2, 0.25) is 0 Å². The van der Waals surface area contributed by atoms with Gasteiger partial charge in [-0.05, 0) is 24.3 Å². The molecule has 7 nitrogen and oxygen atoms in total. The first kappa shape index (κ1) is 19.8. The number of nitrogens with one attached hydrogen (secondary N) is 1. The van der Waals surface area contributed by atoms with Gasteiger partial charge >= 0.3 is 6.03 Å². The molecule has 2 unspecified atom stereocenters. The molecule has 0 bridgehead atoms. The Bertz CT molecular complexity index is 1280. The fourth-order valence-corrected chi connectivity index (χ4v) is 5.29. The number of hydrogen-bond acceptors (Lipinski definition) is 6. The number of aromatic nitrogens is 2. The zero-order chi connectivity index (χ0) is 21.7. The molecular formula is C21H14ClFN4O3S. The third kappa shape index (κ3) is 3.21. The summed E-state index contributed by atoms with van der Waals surface area (Å²) in [6.45, 7) is 0. The number of benzene rings is 1. The van der Waals surface area contributed by atoms with Crippen molar-refractivity contribution in [3.05, 3.63) is 65.5 Å². The van der Waals surface area contributed by atoms with E-state index < -0.39 is 23.1 Å². The van der Waals surface area contributed by atoms with Crippen molar-refractivity contribution in [1.29, 1.82) is 0 Å². The Labute approximate surface area is 185 Å². The Hall–Kier alpha value is -3.17. The lowest BCUT2D eigenvalue weighted by Gasteiger charge is -2.33. The smallest absolute Gasteiger partial charge is 0.329 e. The number of pyridine rings is 2. The second kappa shape index (κ2) is 7.51. The molecule has 4 heterocycles. The number of carbonyl (C=O) groups excluding carboxylic acids is 2. The molecule has 2 aliphatic rings. The summed E-state index contributed by atoms with van der Waals surface area (Å²) in [7, 11) is 1.36. The molecule has 31 heavy (non-hydrogen) atoms. The average Bonchev–Trinajstić information content (AvgIpc) is 3.18. The Morgan fingerprint density at radius 2 is 2.03 bits per heavy atom. The molecule has 0 spiro atoms. The molecule has 0 saturated carbocycles. The molecule has 1 N–H and O–H groups in total. The third-order valence-corrected chi connectivity index (χ3v) is 6.83. The van der Waals surface area contributed by atoms with Gasteiger partial charge in [-0.1, -0.05) is 11.6 Å². The Morgan fingerprint density at radius 3 is 2.84 bits per heavy atom. The summed E-state index contributed by atoms with van der Waals surface area (Å²) < 4.78 is 19.0. The van der Waals surface area contributed by atoms with E-state index in [0.717, 1.165) is 4.90 Å². The summed E-state index contributed by atoms with van der Waals surface area (Å²) in [6, 6.07) is 3.32. The molecule has 0 radical (unpaired) electrons. The van der Waals surface area contributed by atoms with Crippen LogP contribution in [-0.4, -0.2) is 40.3 Å². The van der Waals surface area contributed by atoms with Gasteiger partial charge in [-0.2, -0.15) is 0 Å². The Kier molecular flexibility index (Phi) is 4.79. The van der Waals surface area contributed by atoms with E-state index >= 15 is 0 Å². The number of halogens is 2. The molecular weight excluding hydrogens is 443 g/mol. The van der Waals surface area contributed by atoms with Gasteiger partial charge in [0.15, 0.2) is 11.6 Å². The van der Waals surface area contributed by atoms with Gasteiger partial charge < -0.3 is 10.1 Å². The first-order chi connectivity index (χ1) is 15.0. The third-order valence-electron chi connectivity index (χ3n) is 5.15. The van der Waals surface area contributed by atoms with Crippen LogP contribution in [-0.2, 0) is 4.79 Å². The van der Waals surface area contributed by atoms with Crippen molar-refractivity contribution in [2.45, 2.75) is 11.3 Å². The molecule has 5 rings (SSSR count). The number of methoxy groups -OCH3 is 1. The number of ether oxygens (including phenoxy) is 1. The minimum atomic E-state index is -0.600. The van der Waals surface area contributed by atoms with E-state index in [0.29, 0.717) is 26.9 Å². The van der Waals surface area contributed by atoms with Crippen LogP contribution in [0.4, 0.5) is 14.9 Å². The summed E-state index contributed by atoms with van der Waals surface area (Å²) >= 11 is 7.51. The lowest BCUT2D eigenvalue weighted by molar-refractivity contribution is -0.118. The predicted octanol–water partition coefficient (Wildman–Crippen LogP) is 4.01. The van der Waals surface area contributed by atoms with Gasteiger partial charge in [-0.25, -0.2) is 14.1 Å². The summed E-state index contributed by atoms with van der Waals surface area (Å²) in [4.78, 5) is 36.2. The molecule has 3 amide bonds. The fraction of sp³-hybridized carbons (Fsp3) is 0.143. The van der Waals surface area contributed by atoms with Crippen molar-refractivity contribution < 1.29 is 18.7 Å². The van der Waals surface area contributed by atoms with E-state index in [4.69, 9.17) is 16.3 Å². The highest BCUT2D eigenvalue weighted by Gasteiger charge is 2.46. The molecule has 1 aromatic carbocycles. The molecule has 3 aromatic rings. The number of nitrogens with zero attached hydrogens (tertiary/aromatic N) is 3. The van der Waals surface area contributed by atoms with Crippen LogP contribution in [0.3, 0.4) is 0 Å². The van der Waals surface area contributed by atoms with Gasteiger partial charge in [0, 0.05) is 39.8 Å². The van der Waals surface area contributed by atoms with Crippen LogP contribution < -0.4 is 15.0 Å². The number of fused-ring (bicyclic) bond motifs is 2. The monoisotopic (exact) mass is 456 g/mol. The molecule has 10 heteroatoms. The molecule has 1 fully saturated rings. The Balaban J connectivity index is 1.50. The summed E-state index contributed by atoms with van der Waals surface area (Å²) in [5, 5.41) is 3.85. The quantitative estimate of drug-likeness (QED) is 0.641. The topological polar surface area (TPSA) is 84.4 Å². The van der Waals surface area contributed by atoms with E-state index in [1.54, 1.807) is 30.7 Å². The normalized spacial score (nSPS) is 20.5. The first-order valence-electron chi connectivity index (χ1n) is 9.22. The van der Waals surface area contributed by atoms with Crippen LogP contribution >= 0.6 is 23.4 Å². The maximum atomic E-state index is 13.9. The fourth-order valence-electron chi connectivity index (χ4n) is 3.69. The Morgan fingerprint density at radius 1 is 1.23 bits per heavy atom. The van der Waals surface area contributed by atoms with E-state index in [-0.39, 0.29) is 16.7 Å². The van der Waals surface area contributed by atoms with Gasteiger partial charge in [-0.3, -0.25) is 14.8 Å². The van der Waals surface area contributed by atoms with Crippen LogP contribution in [0.5, 0.6) is 5.75 Å². The van der Waals surface area contributed by atoms with Gasteiger partial charge in [0.1, 0.15) is 5.25 Å². The average molecular weight is 457 g/mol. The molecule has 2 atom stereocenters. The summed E-state index contributed by atoms with van der Waals surface area (Å²) in [6.07, 6.45) is 8.07. The lowest BCUT2D eigenvalue weighted by atomic mass is 10.1. The van der Waals surface area contributed by atoms with Gasteiger partial charge in [0.25, 0.3) is 5.91 Å². The first-order valence-corrected chi connectivity index (χ1v) is 10.5. The zero-order valence-electron chi connectivity index (χ0n) is 16.0.